The standard InChI is InChI=1S/C16H35O2PS2/c1-7-9-10-15(8-2)13-20-21-19(17,18)12-14(3)11-16(4,5)6/h14-15H,7-13H2,1-6H3,(H,17,18). The van der Waals surface area contributed by atoms with Crippen molar-refractivity contribution in [3.63, 3.8) is 0 Å². The average Bonchev–Trinajstić information content (AvgIpc) is 2.29. The molecule has 0 heterocycles. The van der Waals surface area contributed by atoms with Crippen molar-refractivity contribution in [2.24, 2.45) is 17.3 Å². The van der Waals surface area contributed by atoms with Crippen LogP contribution >= 0.6 is 27.8 Å². The Morgan fingerprint density at radius 1 is 1.24 bits per heavy atom. The van der Waals surface area contributed by atoms with Crippen molar-refractivity contribution in [2.75, 3.05) is 11.9 Å². The second-order valence-corrected chi connectivity index (χ2v) is 14.0. The summed E-state index contributed by atoms with van der Waals surface area (Å²) in [6, 6.07) is 0. The van der Waals surface area contributed by atoms with E-state index in [1.165, 1.54) is 36.1 Å². The van der Waals surface area contributed by atoms with E-state index in [-0.39, 0.29) is 5.41 Å². The summed E-state index contributed by atoms with van der Waals surface area (Å²) in [5.74, 6) is 1.99. The molecule has 0 aromatic heterocycles. The number of hydrogen-bond donors (Lipinski definition) is 1. The van der Waals surface area contributed by atoms with Crippen LogP contribution in [-0.2, 0) is 4.57 Å². The molecule has 0 radical (unpaired) electrons. The molecule has 5 heteroatoms. The first-order valence-electron chi connectivity index (χ1n) is 8.22. The maximum Gasteiger partial charge on any atom is 0.265 e. The molecule has 128 valence electrons. The summed E-state index contributed by atoms with van der Waals surface area (Å²) in [7, 11) is 2.84. The molecule has 0 aliphatic rings. The molecule has 0 spiro atoms. The lowest BCUT2D eigenvalue weighted by Gasteiger charge is -2.24. The molecule has 3 atom stereocenters. The van der Waals surface area contributed by atoms with Gasteiger partial charge in [-0.25, -0.2) is 0 Å². The van der Waals surface area contributed by atoms with Crippen molar-refractivity contribution >= 4 is 27.8 Å². The minimum Gasteiger partial charge on any atom is -0.336 e. The van der Waals surface area contributed by atoms with Gasteiger partial charge in [-0.05, 0) is 40.5 Å². The van der Waals surface area contributed by atoms with Crippen molar-refractivity contribution in [3.8, 4) is 0 Å². The second-order valence-electron chi connectivity index (χ2n) is 7.47. The zero-order valence-electron chi connectivity index (χ0n) is 14.7. The molecule has 0 aliphatic carbocycles. The molecule has 3 unspecified atom stereocenters. The highest BCUT2D eigenvalue weighted by molar-refractivity contribution is 8.99. The largest absolute Gasteiger partial charge is 0.336 e. The van der Waals surface area contributed by atoms with E-state index in [9.17, 15) is 9.46 Å². The zero-order valence-corrected chi connectivity index (χ0v) is 17.3. The van der Waals surface area contributed by atoms with E-state index in [1.807, 2.05) is 0 Å². The van der Waals surface area contributed by atoms with E-state index in [0.717, 1.165) is 12.2 Å². The van der Waals surface area contributed by atoms with Crippen LogP contribution in [0.15, 0.2) is 0 Å². The highest BCUT2D eigenvalue weighted by Gasteiger charge is 2.26. The first kappa shape index (κ1) is 21.9. The molecule has 2 nitrogen and oxygen atoms in total. The lowest BCUT2D eigenvalue weighted by molar-refractivity contribution is 0.318. The van der Waals surface area contributed by atoms with Crippen molar-refractivity contribution in [1.82, 2.24) is 0 Å². The van der Waals surface area contributed by atoms with Gasteiger partial charge in [0.1, 0.15) is 0 Å². The van der Waals surface area contributed by atoms with Crippen molar-refractivity contribution < 1.29 is 9.46 Å². The van der Waals surface area contributed by atoms with Crippen molar-refractivity contribution in [2.45, 2.75) is 73.6 Å². The van der Waals surface area contributed by atoms with E-state index >= 15 is 0 Å². The van der Waals surface area contributed by atoms with Crippen LogP contribution in [-0.4, -0.2) is 16.8 Å². The summed E-state index contributed by atoms with van der Waals surface area (Å²) < 4.78 is 12.3. The lowest BCUT2D eigenvalue weighted by atomic mass is 9.86. The first-order chi connectivity index (χ1) is 9.59. The minimum atomic E-state index is -3.05. The Balaban J connectivity index is 4.09. The fourth-order valence-electron chi connectivity index (χ4n) is 2.64. The van der Waals surface area contributed by atoms with E-state index in [0.29, 0.717) is 18.0 Å². The van der Waals surface area contributed by atoms with Gasteiger partial charge >= 0.3 is 0 Å². The maximum absolute atomic E-state index is 12.3. The van der Waals surface area contributed by atoms with E-state index in [1.54, 1.807) is 10.8 Å². The van der Waals surface area contributed by atoms with Crippen molar-refractivity contribution in [1.29, 1.82) is 0 Å². The maximum atomic E-state index is 12.3. The molecule has 0 saturated heterocycles. The van der Waals surface area contributed by atoms with Crippen LogP contribution in [0.4, 0.5) is 0 Å². The third-order valence-electron chi connectivity index (χ3n) is 3.52. The molecule has 0 saturated carbocycles. The molecular weight excluding hydrogens is 319 g/mol. The second kappa shape index (κ2) is 10.6. The number of unbranched alkanes of at least 4 members (excludes halogenated alkanes) is 1. The van der Waals surface area contributed by atoms with Gasteiger partial charge in [-0.3, -0.25) is 4.57 Å². The Kier molecular flexibility index (Phi) is 11.1. The molecule has 0 aliphatic heterocycles. The summed E-state index contributed by atoms with van der Waals surface area (Å²) in [5.41, 5.74) is 0.227. The van der Waals surface area contributed by atoms with Gasteiger partial charge in [0, 0.05) is 11.9 Å². The van der Waals surface area contributed by atoms with Crippen molar-refractivity contribution in [3.05, 3.63) is 0 Å². The SMILES string of the molecule is CCCCC(CC)CSSP(=O)(O)CC(C)CC(C)(C)C. The molecule has 0 amide bonds. The van der Waals surface area contributed by atoms with Gasteiger partial charge in [0.15, 0.2) is 0 Å². The Hall–Kier alpha value is 0.890. The molecule has 0 fully saturated rings. The third-order valence-corrected chi connectivity index (χ3v) is 10.5. The van der Waals surface area contributed by atoms with E-state index in [4.69, 9.17) is 0 Å². The monoisotopic (exact) mass is 354 g/mol. The summed E-state index contributed by atoms with van der Waals surface area (Å²) in [4.78, 5) is 10.1. The van der Waals surface area contributed by atoms with Crippen LogP contribution in [0.5, 0.6) is 0 Å². The van der Waals surface area contributed by atoms with Gasteiger partial charge in [-0.1, -0.05) is 71.6 Å². The van der Waals surface area contributed by atoms with Gasteiger partial charge in [-0.2, -0.15) is 0 Å². The smallest absolute Gasteiger partial charge is 0.265 e. The van der Waals surface area contributed by atoms with Gasteiger partial charge < -0.3 is 4.89 Å². The van der Waals surface area contributed by atoms with Crippen LogP contribution in [0.3, 0.4) is 0 Å². The molecule has 21 heavy (non-hydrogen) atoms. The van der Waals surface area contributed by atoms with Crippen LogP contribution < -0.4 is 0 Å². The fraction of sp³-hybridized carbons (Fsp3) is 1.00. The Morgan fingerprint density at radius 2 is 1.86 bits per heavy atom. The predicted molar refractivity (Wildman–Crippen MR) is 101 cm³/mol. The van der Waals surface area contributed by atoms with Gasteiger partial charge in [-0.15, -0.1) is 0 Å². The zero-order chi connectivity index (χ0) is 16.5. The topological polar surface area (TPSA) is 37.3 Å². The molecule has 0 aromatic carbocycles. The predicted octanol–water partition coefficient (Wildman–Crippen LogP) is 6.84. The Labute approximate surface area is 140 Å². The third kappa shape index (κ3) is 13.1. The first-order valence-corrected chi connectivity index (χ1v) is 13.0. The average molecular weight is 355 g/mol. The number of rotatable bonds is 11. The molecule has 0 bridgehead atoms. The lowest BCUT2D eigenvalue weighted by Crippen LogP contribution is -2.13. The molecule has 0 aromatic rings. The van der Waals surface area contributed by atoms with Gasteiger partial charge in [0.05, 0.1) is 0 Å². The Bertz CT molecular complexity index is 316. The van der Waals surface area contributed by atoms with E-state index in [2.05, 4.69) is 41.5 Å². The molecule has 1 N–H and O–H groups in total. The summed E-state index contributed by atoms with van der Waals surface area (Å²) in [6.07, 6.45) is 6.35. The number of hydrogen-bond acceptors (Lipinski definition) is 3. The van der Waals surface area contributed by atoms with Crippen LogP contribution in [0.2, 0.25) is 0 Å². The summed E-state index contributed by atoms with van der Waals surface area (Å²) in [6.45, 7) is 10.0. The van der Waals surface area contributed by atoms with Gasteiger partial charge in [0.25, 0.3) is 6.57 Å². The van der Waals surface area contributed by atoms with Crippen LogP contribution in [0, 0.1) is 17.3 Å². The fourth-order valence-corrected chi connectivity index (χ4v) is 9.22. The van der Waals surface area contributed by atoms with Gasteiger partial charge in [0.2, 0.25) is 0 Å². The van der Waals surface area contributed by atoms with Crippen LogP contribution in [0.25, 0.3) is 0 Å². The summed E-state index contributed by atoms with van der Waals surface area (Å²) >= 11 is 0. The highest BCUT2D eigenvalue weighted by Crippen LogP contribution is 2.62. The molecular formula is C16H35O2PS2. The van der Waals surface area contributed by atoms with Crippen LogP contribution in [0.1, 0.15) is 73.6 Å². The summed E-state index contributed by atoms with van der Waals surface area (Å²) in [5, 5.41) is 0. The molecule has 0 rings (SSSR count). The quantitative estimate of drug-likeness (QED) is 0.325. The normalized spacial score (nSPS) is 18.2. The van der Waals surface area contributed by atoms with E-state index < -0.39 is 6.57 Å². The Morgan fingerprint density at radius 3 is 2.33 bits per heavy atom. The highest BCUT2D eigenvalue weighted by atomic mass is 33.3. The minimum absolute atomic E-state index is 0.227.